The van der Waals surface area contributed by atoms with E-state index in [0.717, 1.165) is 0 Å². The van der Waals surface area contributed by atoms with Crippen LogP contribution in [0.2, 0.25) is 0 Å². The van der Waals surface area contributed by atoms with Crippen LogP contribution in [0.4, 0.5) is 5.69 Å². The van der Waals surface area contributed by atoms with Gasteiger partial charge in [0, 0.05) is 17.7 Å². The molecule has 0 bridgehead atoms. The number of ether oxygens (including phenoxy) is 2. The highest BCUT2D eigenvalue weighted by Crippen LogP contribution is 2.43. The molecule has 1 atom stereocenters. The van der Waals surface area contributed by atoms with Crippen LogP contribution in [-0.4, -0.2) is 17.5 Å². The van der Waals surface area contributed by atoms with Crippen molar-refractivity contribution in [3.05, 3.63) is 92.9 Å². The number of benzene rings is 2. The van der Waals surface area contributed by atoms with Crippen molar-refractivity contribution in [1.29, 1.82) is 5.26 Å². The van der Waals surface area contributed by atoms with Crippen molar-refractivity contribution in [2.24, 2.45) is 5.73 Å². The Morgan fingerprint density at radius 3 is 2.62 bits per heavy atom. The predicted octanol–water partition coefficient (Wildman–Crippen LogP) is 3.38. The van der Waals surface area contributed by atoms with E-state index in [1.807, 2.05) is 6.07 Å². The zero-order valence-electron chi connectivity index (χ0n) is 15.5. The lowest BCUT2D eigenvalue weighted by molar-refractivity contribution is -0.384. The molecule has 8 nitrogen and oxygen atoms in total. The summed E-state index contributed by atoms with van der Waals surface area (Å²) in [6.45, 7) is 1.76. The van der Waals surface area contributed by atoms with E-state index in [0.29, 0.717) is 11.1 Å². The van der Waals surface area contributed by atoms with Crippen molar-refractivity contribution < 1.29 is 19.2 Å². The van der Waals surface area contributed by atoms with E-state index in [9.17, 15) is 20.2 Å². The summed E-state index contributed by atoms with van der Waals surface area (Å²) in [6, 6.07) is 16.5. The van der Waals surface area contributed by atoms with Crippen molar-refractivity contribution >= 4 is 17.4 Å². The Morgan fingerprint density at radius 1 is 1.28 bits per heavy atom. The molecule has 1 aliphatic heterocycles. The van der Waals surface area contributed by atoms with Crippen LogP contribution in [0, 0.1) is 21.4 Å². The second-order valence-corrected chi connectivity index (χ2v) is 6.11. The Balaban J connectivity index is 2.29. The van der Waals surface area contributed by atoms with Crippen LogP contribution < -0.4 is 5.73 Å². The van der Waals surface area contributed by atoms with E-state index in [2.05, 4.69) is 0 Å². The van der Waals surface area contributed by atoms with E-state index in [1.54, 1.807) is 43.3 Å². The first-order valence-corrected chi connectivity index (χ1v) is 8.76. The van der Waals surface area contributed by atoms with Gasteiger partial charge in [-0.3, -0.25) is 10.1 Å². The first kappa shape index (κ1) is 19.6. The van der Waals surface area contributed by atoms with E-state index in [4.69, 9.17) is 15.2 Å². The van der Waals surface area contributed by atoms with Gasteiger partial charge >= 0.3 is 5.97 Å². The number of rotatable bonds is 5. The van der Waals surface area contributed by atoms with Crippen molar-refractivity contribution in [1.82, 2.24) is 0 Å². The third kappa shape index (κ3) is 3.80. The summed E-state index contributed by atoms with van der Waals surface area (Å²) in [6.07, 6.45) is 0. The smallest absolute Gasteiger partial charge is 0.338 e. The molecule has 1 heterocycles. The van der Waals surface area contributed by atoms with E-state index < -0.39 is 16.8 Å². The number of non-ortho nitro benzene ring substituents is 1. The number of nitrogens with two attached hydrogens (primary N) is 1. The van der Waals surface area contributed by atoms with E-state index in [-0.39, 0.29) is 35.1 Å². The molecular formula is C21H17N3O5. The molecule has 0 aliphatic carbocycles. The fourth-order valence-electron chi connectivity index (χ4n) is 3.13. The van der Waals surface area contributed by atoms with E-state index in [1.165, 1.54) is 18.2 Å². The van der Waals surface area contributed by atoms with Crippen molar-refractivity contribution in [2.75, 3.05) is 6.61 Å². The molecule has 8 heteroatoms. The summed E-state index contributed by atoms with van der Waals surface area (Å²) < 4.78 is 10.9. The molecule has 29 heavy (non-hydrogen) atoms. The Bertz CT molecular complexity index is 1070. The Hall–Kier alpha value is -4.12. The summed E-state index contributed by atoms with van der Waals surface area (Å²) >= 11 is 0. The van der Waals surface area contributed by atoms with Gasteiger partial charge in [0.2, 0.25) is 5.88 Å². The molecular weight excluding hydrogens is 374 g/mol. The number of nitriles is 1. The topological polar surface area (TPSA) is 128 Å². The standard InChI is InChI=1S/C21H17N3O5/c1-2-28-21(25)18-17(14-9-6-10-15(11-14)24(26)27)16(12-22)20(23)29-19(18)13-7-4-3-5-8-13/h3-11,17H,2,23H2,1H3/t17-/m1/s1. The number of hydrogen-bond acceptors (Lipinski definition) is 7. The molecule has 146 valence electrons. The Labute approximate surface area is 166 Å². The van der Waals surface area contributed by atoms with Crippen LogP contribution in [0.25, 0.3) is 5.76 Å². The largest absolute Gasteiger partial charge is 0.463 e. The lowest BCUT2D eigenvalue weighted by Crippen LogP contribution is -2.26. The highest BCUT2D eigenvalue weighted by atomic mass is 16.6. The number of allylic oxidation sites excluding steroid dienone is 1. The van der Waals surface area contributed by atoms with Gasteiger partial charge in [-0.25, -0.2) is 4.79 Å². The number of hydrogen-bond donors (Lipinski definition) is 1. The molecule has 2 N–H and O–H groups in total. The van der Waals surface area contributed by atoms with Crippen LogP contribution >= 0.6 is 0 Å². The summed E-state index contributed by atoms with van der Waals surface area (Å²) in [5.74, 6) is -1.68. The van der Waals surface area contributed by atoms with Crippen molar-refractivity contribution in [2.45, 2.75) is 12.8 Å². The summed E-state index contributed by atoms with van der Waals surface area (Å²) in [5.41, 5.74) is 6.78. The van der Waals surface area contributed by atoms with Crippen LogP contribution in [-0.2, 0) is 14.3 Å². The maximum atomic E-state index is 12.9. The molecule has 0 aromatic heterocycles. The maximum absolute atomic E-state index is 12.9. The van der Waals surface area contributed by atoms with Crippen LogP contribution in [0.15, 0.2) is 71.6 Å². The number of nitrogens with zero attached hydrogens (tertiary/aromatic N) is 2. The summed E-state index contributed by atoms with van der Waals surface area (Å²) in [7, 11) is 0. The molecule has 3 rings (SSSR count). The zero-order valence-corrected chi connectivity index (χ0v) is 15.5. The van der Waals surface area contributed by atoms with Gasteiger partial charge < -0.3 is 15.2 Å². The van der Waals surface area contributed by atoms with Crippen molar-refractivity contribution in [3.63, 3.8) is 0 Å². The minimum Gasteiger partial charge on any atom is -0.463 e. The number of nitro benzene ring substituents is 1. The highest BCUT2D eigenvalue weighted by molar-refractivity contribution is 5.99. The second kappa shape index (κ2) is 8.27. The van der Waals surface area contributed by atoms with Gasteiger partial charge in [0.15, 0.2) is 0 Å². The first-order chi connectivity index (χ1) is 14.0. The van der Waals surface area contributed by atoms with Crippen molar-refractivity contribution in [3.8, 4) is 6.07 Å². The van der Waals surface area contributed by atoms with Gasteiger partial charge in [-0.2, -0.15) is 5.26 Å². The van der Waals surface area contributed by atoms with E-state index >= 15 is 0 Å². The molecule has 0 saturated carbocycles. The lowest BCUT2D eigenvalue weighted by Gasteiger charge is -2.28. The molecule has 0 amide bonds. The molecule has 2 aromatic carbocycles. The normalized spacial score (nSPS) is 16.1. The summed E-state index contributed by atoms with van der Waals surface area (Å²) in [4.78, 5) is 23.6. The number of esters is 1. The molecule has 0 unspecified atom stereocenters. The van der Waals surface area contributed by atoms with Crippen LogP contribution in [0.1, 0.15) is 24.0 Å². The molecule has 1 aliphatic rings. The molecule has 0 saturated heterocycles. The maximum Gasteiger partial charge on any atom is 0.338 e. The fraction of sp³-hybridized carbons (Fsp3) is 0.143. The number of carbonyl (C=O) groups is 1. The quantitative estimate of drug-likeness (QED) is 0.470. The summed E-state index contributed by atoms with van der Waals surface area (Å²) in [5, 5.41) is 20.9. The Kier molecular flexibility index (Phi) is 5.60. The highest BCUT2D eigenvalue weighted by Gasteiger charge is 2.38. The monoisotopic (exact) mass is 391 g/mol. The van der Waals surface area contributed by atoms with Gasteiger partial charge in [-0.1, -0.05) is 42.5 Å². The second-order valence-electron chi connectivity index (χ2n) is 6.11. The third-order valence-corrected chi connectivity index (χ3v) is 4.37. The lowest BCUT2D eigenvalue weighted by atomic mass is 9.82. The minimum atomic E-state index is -0.970. The van der Waals surface area contributed by atoms with Gasteiger partial charge in [0.05, 0.1) is 23.0 Å². The zero-order chi connectivity index (χ0) is 21.0. The number of nitro groups is 1. The average Bonchev–Trinajstić information content (AvgIpc) is 2.73. The van der Waals surface area contributed by atoms with Gasteiger partial charge in [-0.05, 0) is 12.5 Å². The molecule has 0 fully saturated rings. The van der Waals surface area contributed by atoms with Crippen LogP contribution in [0.3, 0.4) is 0 Å². The van der Waals surface area contributed by atoms with Gasteiger partial charge in [0.25, 0.3) is 5.69 Å². The average molecular weight is 391 g/mol. The molecule has 2 aromatic rings. The fourth-order valence-corrected chi connectivity index (χ4v) is 3.13. The minimum absolute atomic E-state index is 0.0202. The third-order valence-electron chi connectivity index (χ3n) is 4.37. The number of carbonyl (C=O) groups excluding carboxylic acids is 1. The van der Waals surface area contributed by atoms with Gasteiger partial charge in [0.1, 0.15) is 17.4 Å². The molecule has 0 spiro atoms. The first-order valence-electron chi connectivity index (χ1n) is 8.76. The predicted molar refractivity (Wildman–Crippen MR) is 104 cm³/mol. The Morgan fingerprint density at radius 2 is 2.00 bits per heavy atom. The van der Waals surface area contributed by atoms with Crippen LogP contribution in [0.5, 0.6) is 0 Å². The molecule has 0 radical (unpaired) electrons. The van der Waals surface area contributed by atoms with Gasteiger partial charge in [-0.15, -0.1) is 0 Å². The SMILES string of the molecule is CCOC(=O)C1=C(c2ccccc2)OC(N)=C(C#N)[C@H]1c1cccc([N+](=O)[O-])c1.